The third-order valence-electron chi connectivity index (χ3n) is 3.79. The van der Waals surface area contributed by atoms with Gasteiger partial charge in [-0.25, -0.2) is 4.98 Å². The number of carbonyl (C=O) groups is 1. The molecule has 2 heterocycles. The van der Waals surface area contributed by atoms with Crippen molar-refractivity contribution in [3.63, 3.8) is 0 Å². The Hall–Kier alpha value is -1.32. The Balaban J connectivity index is 2.00. The van der Waals surface area contributed by atoms with Gasteiger partial charge in [0.05, 0.1) is 0 Å². The molecule has 0 N–H and O–H groups in total. The highest BCUT2D eigenvalue weighted by molar-refractivity contribution is 5.73. The van der Waals surface area contributed by atoms with Crippen LogP contribution in [0, 0.1) is 12.8 Å². The van der Waals surface area contributed by atoms with Gasteiger partial charge in [-0.1, -0.05) is 6.92 Å². The molecule has 1 aromatic heterocycles. The summed E-state index contributed by atoms with van der Waals surface area (Å²) in [6.45, 7) is 8.81. The molecule has 0 aliphatic carbocycles. The van der Waals surface area contributed by atoms with E-state index in [1.165, 1.54) is 11.5 Å². The smallest absolute Gasteiger partial charge is 0.219 e. The van der Waals surface area contributed by atoms with Crippen molar-refractivity contribution in [1.29, 1.82) is 0 Å². The highest BCUT2D eigenvalue weighted by atomic mass is 16.2. The third kappa shape index (κ3) is 2.74. The zero-order valence-corrected chi connectivity index (χ0v) is 11.6. The Kier molecular flexibility index (Phi) is 4.04. The van der Waals surface area contributed by atoms with Crippen molar-refractivity contribution >= 4 is 5.91 Å². The van der Waals surface area contributed by atoms with Gasteiger partial charge in [0.1, 0.15) is 5.82 Å². The van der Waals surface area contributed by atoms with Crippen LogP contribution < -0.4 is 0 Å². The SMILES string of the molecule is CCCn1c(C)cnc1CC1CCN(C(C)=O)C1. The van der Waals surface area contributed by atoms with Gasteiger partial charge < -0.3 is 9.47 Å². The number of nitrogens with zero attached hydrogens (tertiary/aromatic N) is 3. The standard InChI is InChI=1S/C14H23N3O/c1-4-6-17-11(2)9-15-14(17)8-13-5-7-16(10-13)12(3)18/h9,13H,4-8,10H2,1-3H3. The summed E-state index contributed by atoms with van der Waals surface area (Å²) in [5, 5.41) is 0. The first-order valence-corrected chi connectivity index (χ1v) is 6.88. The Bertz CT molecular complexity index is 425. The van der Waals surface area contributed by atoms with Crippen LogP contribution in [0.15, 0.2) is 6.20 Å². The van der Waals surface area contributed by atoms with E-state index in [1.54, 1.807) is 6.92 Å². The second-order valence-corrected chi connectivity index (χ2v) is 5.29. The summed E-state index contributed by atoms with van der Waals surface area (Å²) in [6.07, 6.45) is 5.20. The molecular formula is C14H23N3O. The molecule has 0 aromatic carbocycles. The van der Waals surface area contributed by atoms with Gasteiger partial charge in [0.15, 0.2) is 0 Å². The van der Waals surface area contributed by atoms with E-state index in [0.717, 1.165) is 38.9 Å². The van der Waals surface area contributed by atoms with Gasteiger partial charge in [0.25, 0.3) is 0 Å². The second-order valence-electron chi connectivity index (χ2n) is 5.29. The van der Waals surface area contributed by atoms with E-state index in [9.17, 15) is 4.79 Å². The number of likely N-dealkylation sites (tertiary alicyclic amines) is 1. The molecule has 1 aliphatic rings. The van der Waals surface area contributed by atoms with Gasteiger partial charge in [-0.2, -0.15) is 0 Å². The first kappa shape index (κ1) is 13.1. The Morgan fingerprint density at radius 3 is 2.94 bits per heavy atom. The van der Waals surface area contributed by atoms with Crippen LogP contribution in [0.2, 0.25) is 0 Å². The maximum absolute atomic E-state index is 11.3. The molecule has 2 rings (SSSR count). The first-order chi connectivity index (χ1) is 8.61. The highest BCUT2D eigenvalue weighted by Gasteiger charge is 2.25. The molecule has 18 heavy (non-hydrogen) atoms. The van der Waals surface area contributed by atoms with E-state index in [-0.39, 0.29) is 5.91 Å². The minimum absolute atomic E-state index is 0.200. The van der Waals surface area contributed by atoms with Gasteiger partial charge >= 0.3 is 0 Å². The molecule has 4 heteroatoms. The highest BCUT2D eigenvalue weighted by Crippen LogP contribution is 2.21. The lowest BCUT2D eigenvalue weighted by Crippen LogP contribution is -2.26. The molecule has 1 aromatic rings. The molecular weight excluding hydrogens is 226 g/mol. The summed E-state index contributed by atoms with van der Waals surface area (Å²) in [6, 6.07) is 0. The average Bonchev–Trinajstić information content (AvgIpc) is 2.91. The molecule has 1 unspecified atom stereocenters. The average molecular weight is 249 g/mol. The van der Waals surface area contributed by atoms with Crippen molar-refractivity contribution in [1.82, 2.24) is 14.5 Å². The van der Waals surface area contributed by atoms with Crippen LogP contribution in [-0.4, -0.2) is 33.4 Å². The Labute approximate surface area is 109 Å². The lowest BCUT2D eigenvalue weighted by atomic mass is 10.0. The van der Waals surface area contributed by atoms with E-state index >= 15 is 0 Å². The summed E-state index contributed by atoms with van der Waals surface area (Å²) in [5.74, 6) is 1.96. The van der Waals surface area contributed by atoms with E-state index in [2.05, 4.69) is 23.4 Å². The molecule has 0 spiro atoms. The van der Waals surface area contributed by atoms with Gasteiger partial charge in [-0.15, -0.1) is 0 Å². The van der Waals surface area contributed by atoms with Crippen LogP contribution in [0.3, 0.4) is 0 Å². The lowest BCUT2D eigenvalue weighted by Gasteiger charge is -2.15. The number of aryl methyl sites for hydroxylation is 1. The fraction of sp³-hybridized carbons (Fsp3) is 0.714. The zero-order chi connectivity index (χ0) is 13.1. The summed E-state index contributed by atoms with van der Waals surface area (Å²) in [7, 11) is 0. The van der Waals surface area contributed by atoms with E-state index in [4.69, 9.17) is 0 Å². The lowest BCUT2D eigenvalue weighted by molar-refractivity contribution is -0.127. The molecule has 4 nitrogen and oxygen atoms in total. The van der Waals surface area contributed by atoms with Crippen molar-refractivity contribution in [2.45, 2.75) is 46.6 Å². The van der Waals surface area contributed by atoms with E-state index in [1.807, 2.05) is 11.1 Å². The third-order valence-corrected chi connectivity index (χ3v) is 3.79. The topological polar surface area (TPSA) is 38.1 Å². The quantitative estimate of drug-likeness (QED) is 0.818. The maximum Gasteiger partial charge on any atom is 0.219 e. The Morgan fingerprint density at radius 2 is 2.33 bits per heavy atom. The number of hydrogen-bond donors (Lipinski definition) is 0. The van der Waals surface area contributed by atoms with E-state index in [0.29, 0.717) is 5.92 Å². The second kappa shape index (κ2) is 5.55. The summed E-state index contributed by atoms with van der Waals surface area (Å²) in [5.41, 5.74) is 1.24. The number of aromatic nitrogens is 2. The van der Waals surface area contributed by atoms with Gasteiger partial charge in [0, 0.05) is 44.9 Å². The van der Waals surface area contributed by atoms with Crippen molar-refractivity contribution in [3.05, 3.63) is 17.7 Å². The molecule has 1 atom stereocenters. The van der Waals surface area contributed by atoms with Crippen LogP contribution in [-0.2, 0) is 17.8 Å². The number of amides is 1. The molecule has 1 aliphatic heterocycles. The number of imidazole rings is 1. The summed E-state index contributed by atoms with van der Waals surface area (Å²) >= 11 is 0. The van der Waals surface area contributed by atoms with Crippen molar-refractivity contribution in [3.8, 4) is 0 Å². The van der Waals surface area contributed by atoms with Crippen LogP contribution >= 0.6 is 0 Å². The number of carbonyl (C=O) groups excluding carboxylic acids is 1. The minimum Gasteiger partial charge on any atom is -0.343 e. The van der Waals surface area contributed by atoms with Crippen molar-refractivity contribution in [2.75, 3.05) is 13.1 Å². The number of hydrogen-bond acceptors (Lipinski definition) is 2. The predicted molar refractivity (Wildman–Crippen MR) is 71.3 cm³/mol. The van der Waals surface area contributed by atoms with Crippen LogP contribution in [0.5, 0.6) is 0 Å². The predicted octanol–water partition coefficient (Wildman–Crippen LogP) is 2.01. The van der Waals surface area contributed by atoms with E-state index < -0.39 is 0 Å². The van der Waals surface area contributed by atoms with Crippen molar-refractivity contribution in [2.24, 2.45) is 5.92 Å². The van der Waals surface area contributed by atoms with Crippen LogP contribution in [0.1, 0.15) is 38.2 Å². The van der Waals surface area contributed by atoms with Crippen LogP contribution in [0.4, 0.5) is 0 Å². The molecule has 0 bridgehead atoms. The zero-order valence-electron chi connectivity index (χ0n) is 11.6. The normalized spacial score (nSPS) is 19.5. The van der Waals surface area contributed by atoms with Gasteiger partial charge in [0.2, 0.25) is 5.91 Å². The summed E-state index contributed by atoms with van der Waals surface area (Å²) < 4.78 is 2.32. The largest absolute Gasteiger partial charge is 0.343 e. The molecule has 0 radical (unpaired) electrons. The van der Waals surface area contributed by atoms with Gasteiger partial charge in [-0.3, -0.25) is 4.79 Å². The molecule has 1 fully saturated rings. The fourth-order valence-electron chi connectivity index (χ4n) is 2.75. The van der Waals surface area contributed by atoms with Crippen molar-refractivity contribution < 1.29 is 4.79 Å². The van der Waals surface area contributed by atoms with Gasteiger partial charge in [-0.05, 0) is 25.7 Å². The Morgan fingerprint density at radius 1 is 1.56 bits per heavy atom. The molecule has 1 amide bonds. The molecule has 1 saturated heterocycles. The first-order valence-electron chi connectivity index (χ1n) is 6.88. The molecule has 0 saturated carbocycles. The van der Waals surface area contributed by atoms with Crippen LogP contribution in [0.25, 0.3) is 0 Å². The number of rotatable bonds is 4. The monoisotopic (exact) mass is 249 g/mol. The fourth-order valence-corrected chi connectivity index (χ4v) is 2.75. The molecule has 100 valence electrons. The summed E-state index contributed by atoms with van der Waals surface area (Å²) in [4.78, 5) is 17.8. The maximum atomic E-state index is 11.3. The minimum atomic E-state index is 0.200.